The van der Waals surface area contributed by atoms with Crippen LogP contribution in [0.2, 0.25) is 5.02 Å². The van der Waals surface area contributed by atoms with Crippen LogP contribution in [0.25, 0.3) is 0 Å². The fraction of sp³-hybridized carbons (Fsp3) is 0.462. The molecule has 0 aromatic heterocycles. The number of benzene rings is 1. The maximum atomic E-state index is 11.0. The van der Waals surface area contributed by atoms with Crippen LogP contribution in [0.5, 0.6) is 0 Å². The first-order valence-corrected chi connectivity index (χ1v) is 5.99. The quantitative estimate of drug-likeness (QED) is 0.749. The Balaban J connectivity index is 2.31. The molecule has 0 aliphatic heterocycles. The summed E-state index contributed by atoms with van der Waals surface area (Å²) in [6.07, 6.45) is 3.43. The van der Waals surface area contributed by atoms with Crippen LogP contribution >= 0.6 is 11.6 Å². The number of hydrogen-bond donors (Lipinski definition) is 0. The highest BCUT2D eigenvalue weighted by Gasteiger charge is 2.31. The SMILES string of the molecule is CC(C1CC1)N(C)c1cccc(Cl)c1C=O. The number of nitrogens with zero attached hydrogens (tertiary/aromatic N) is 1. The Bertz CT molecular complexity index is 401. The van der Waals surface area contributed by atoms with Crippen LogP contribution in [0, 0.1) is 5.92 Å². The van der Waals surface area contributed by atoms with E-state index in [9.17, 15) is 4.79 Å². The molecule has 0 radical (unpaired) electrons. The first-order chi connectivity index (χ1) is 7.65. The van der Waals surface area contributed by atoms with E-state index in [1.165, 1.54) is 12.8 Å². The van der Waals surface area contributed by atoms with Crippen molar-refractivity contribution in [2.24, 2.45) is 5.92 Å². The summed E-state index contributed by atoms with van der Waals surface area (Å²) in [5, 5.41) is 0.530. The summed E-state index contributed by atoms with van der Waals surface area (Å²) >= 11 is 6.02. The van der Waals surface area contributed by atoms with E-state index in [4.69, 9.17) is 11.6 Å². The Morgan fingerprint density at radius 1 is 1.50 bits per heavy atom. The van der Waals surface area contributed by atoms with E-state index in [1.807, 2.05) is 19.2 Å². The summed E-state index contributed by atoms with van der Waals surface area (Å²) in [4.78, 5) is 13.2. The van der Waals surface area contributed by atoms with Gasteiger partial charge in [-0.2, -0.15) is 0 Å². The monoisotopic (exact) mass is 237 g/mol. The number of rotatable bonds is 4. The molecule has 86 valence electrons. The molecule has 0 amide bonds. The minimum Gasteiger partial charge on any atom is -0.371 e. The van der Waals surface area contributed by atoms with Crippen LogP contribution in [0.4, 0.5) is 5.69 Å². The van der Waals surface area contributed by atoms with Gasteiger partial charge >= 0.3 is 0 Å². The van der Waals surface area contributed by atoms with Crippen LogP contribution < -0.4 is 4.90 Å². The fourth-order valence-electron chi connectivity index (χ4n) is 2.06. The van der Waals surface area contributed by atoms with Crippen molar-refractivity contribution in [2.75, 3.05) is 11.9 Å². The molecule has 0 bridgehead atoms. The molecule has 2 rings (SSSR count). The molecule has 1 saturated carbocycles. The Morgan fingerprint density at radius 3 is 2.75 bits per heavy atom. The smallest absolute Gasteiger partial charge is 0.153 e. The maximum absolute atomic E-state index is 11.0. The van der Waals surface area contributed by atoms with Gasteiger partial charge < -0.3 is 4.90 Å². The lowest BCUT2D eigenvalue weighted by molar-refractivity contribution is 0.112. The van der Waals surface area contributed by atoms with Crippen molar-refractivity contribution in [1.82, 2.24) is 0 Å². The normalized spacial score (nSPS) is 16.9. The van der Waals surface area contributed by atoms with E-state index in [0.29, 0.717) is 16.6 Å². The van der Waals surface area contributed by atoms with Crippen molar-refractivity contribution < 1.29 is 4.79 Å². The highest BCUT2D eigenvalue weighted by Crippen LogP contribution is 2.37. The lowest BCUT2D eigenvalue weighted by Gasteiger charge is -2.28. The zero-order valence-electron chi connectivity index (χ0n) is 9.61. The van der Waals surface area contributed by atoms with E-state index in [1.54, 1.807) is 6.07 Å². The minimum absolute atomic E-state index is 0.470. The highest BCUT2D eigenvalue weighted by atomic mass is 35.5. The second-order valence-corrected chi connectivity index (χ2v) is 4.89. The third kappa shape index (κ3) is 2.07. The number of hydrogen-bond acceptors (Lipinski definition) is 2. The second kappa shape index (κ2) is 4.46. The summed E-state index contributed by atoms with van der Waals surface area (Å²) in [5.41, 5.74) is 1.53. The van der Waals surface area contributed by atoms with E-state index in [0.717, 1.165) is 17.9 Å². The van der Waals surface area contributed by atoms with Crippen LogP contribution in [-0.2, 0) is 0 Å². The third-order valence-corrected chi connectivity index (χ3v) is 3.77. The van der Waals surface area contributed by atoms with Gasteiger partial charge in [0.1, 0.15) is 0 Å². The molecule has 0 heterocycles. The molecule has 1 aromatic rings. The molecular formula is C13H16ClNO. The van der Waals surface area contributed by atoms with E-state index < -0.39 is 0 Å². The summed E-state index contributed by atoms with van der Waals surface area (Å²) in [5.74, 6) is 0.767. The number of carbonyl (C=O) groups is 1. The minimum atomic E-state index is 0.470. The van der Waals surface area contributed by atoms with Crippen LogP contribution in [-0.4, -0.2) is 19.4 Å². The predicted octanol–water partition coefficient (Wildman–Crippen LogP) is 3.39. The van der Waals surface area contributed by atoms with E-state index >= 15 is 0 Å². The van der Waals surface area contributed by atoms with Crippen molar-refractivity contribution in [3.63, 3.8) is 0 Å². The van der Waals surface area contributed by atoms with Gasteiger partial charge in [0.05, 0.1) is 10.6 Å². The molecule has 1 aromatic carbocycles. The van der Waals surface area contributed by atoms with Gasteiger partial charge in [-0.25, -0.2) is 0 Å². The van der Waals surface area contributed by atoms with Crippen molar-refractivity contribution in [3.05, 3.63) is 28.8 Å². The molecule has 16 heavy (non-hydrogen) atoms. The summed E-state index contributed by atoms with van der Waals surface area (Å²) in [6, 6.07) is 6.07. The van der Waals surface area contributed by atoms with Crippen molar-refractivity contribution in [2.45, 2.75) is 25.8 Å². The second-order valence-electron chi connectivity index (χ2n) is 4.48. The van der Waals surface area contributed by atoms with Crippen LogP contribution in [0.15, 0.2) is 18.2 Å². The van der Waals surface area contributed by atoms with Gasteiger partial charge in [-0.05, 0) is 37.8 Å². The number of halogens is 1. The highest BCUT2D eigenvalue weighted by molar-refractivity contribution is 6.33. The van der Waals surface area contributed by atoms with Crippen molar-refractivity contribution in [1.29, 1.82) is 0 Å². The molecule has 1 fully saturated rings. The molecule has 0 N–H and O–H groups in total. The number of carbonyl (C=O) groups excluding carboxylic acids is 1. The predicted molar refractivity (Wildman–Crippen MR) is 67.4 cm³/mol. The Kier molecular flexibility index (Phi) is 3.20. The first-order valence-electron chi connectivity index (χ1n) is 5.61. The van der Waals surface area contributed by atoms with Gasteiger partial charge in [0, 0.05) is 18.8 Å². The molecule has 0 spiro atoms. The van der Waals surface area contributed by atoms with Gasteiger partial charge in [0.2, 0.25) is 0 Å². The maximum Gasteiger partial charge on any atom is 0.153 e. The van der Waals surface area contributed by atoms with Gasteiger partial charge in [-0.15, -0.1) is 0 Å². The van der Waals surface area contributed by atoms with Crippen molar-refractivity contribution in [3.8, 4) is 0 Å². The first kappa shape index (κ1) is 11.5. The molecule has 0 saturated heterocycles. The number of anilines is 1. The molecule has 1 aliphatic rings. The van der Waals surface area contributed by atoms with Gasteiger partial charge in [0.25, 0.3) is 0 Å². The van der Waals surface area contributed by atoms with Gasteiger partial charge in [-0.1, -0.05) is 17.7 Å². The Morgan fingerprint density at radius 2 is 2.19 bits per heavy atom. The summed E-state index contributed by atoms with van der Waals surface area (Å²) < 4.78 is 0. The number of aldehydes is 1. The average molecular weight is 238 g/mol. The van der Waals surface area contributed by atoms with Gasteiger partial charge in [-0.3, -0.25) is 4.79 Å². The zero-order chi connectivity index (χ0) is 11.7. The molecule has 1 unspecified atom stereocenters. The van der Waals surface area contributed by atoms with Crippen molar-refractivity contribution >= 4 is 23.6 Å². The average Bonchev–Trinajstić information content (AvgIpc) is 3.10. The largest absolute Gasteiger partial charge is 0.371 e. The summed E-state index contributed by atoms with van der Waals surface area (Å²) in [7, 11) is 2.03. The zero-order valence-corrected chi connectivity index (χ0v) is 10.4. The molecule has 1 aliphatic carbocycles. The van der Waals surface area contributed by atoms with Gasteiger partial charge in [0.15, 0.2) is 6.29 Å². The standard InChI is InChI=1S/C13H16ClNO/c1-9(10-6-7-10)15(2)13-5-3-4-12(14)11(13)8-16/h3-5,8-10H,6-7H2,1-2H3. The molecule has 3 heteroatoms. The molecule has 1 atom stereocenters. The Hall–Kier alpha value is -1.02. The molecular weight excluding hydrogens is 222 g/mol. The summed E-state index contributed by atoms with van der Waals surface area (Å²) in [6.45, 7) is 2.20. The fourth-order valence-corrected chi connectivity index (χ4v) is 2.28. The lowest BCUT2D eigenvalue weighted by Crippen LogP contribution is -2.31. The Labute approximate surface area is 101 Å². The van der Waals surface area contributed by atoms with Crippen LogP contribution in [0.3, 0.4) is 0 Å². The topological polar surface area (TPSA) is 20.3 Å². The van der Waals surface area contributed by atoms with E-state index in [-0.39, 0.29) is 0 Å². The molecule has 2 nitrogen and oxygen atoms in total. The van der Waals surface area contributed by atoms with E-state index in [2.05, 4.69) is 11.8 Å². The third-order valence-electron chi connectivity index (χ3n) is 3.44. The van der Waals surface area contributed by atoms with Crippen LogP contribution in [0.1, 0.15) is 30.1 Å². The lowest BCUT2D eigenvalue weighted by atomic mass is 10.1.